The largest absolute Gasteiger partial charge is 0.364 e. The van der Waals surface area contributed by atoms with Crippen molar-refractivity contribution in [3.63, 3.8) is 0 Å². The highest BCUT2D eigenvalue weighted by molar-refractivity contribution is 5.90. The molecule has 4 aromatic rings. The molecule has 0 bridgehead atoms. The molecule has 2 aromatic carbocycles. The van der Waals surface area contributed by atoms with E-state index in [4.69, 9.17) is 5.73 Å². The zero-order valence-electron chi connectivity index (χ0n) is 18.1. The van der Waals surface area contributed by atoms with Crippen LogP contribution in [-0.2, 0) is 0 Å². The molecule has 1 unspecified atom stereocenters. The molecule has 3 heterocycles. The van der Waals surface area contributed by atoms with Crippen LogP contribution >= 0.6 is 0 Å². The number of fused-ring (bicyclic) bond motifs is 3. The summed E-state index contributed by atoms with van der Waals surface area (Å²) < 4.78 is 2.08. The van der Waals surface area contributed by atoms with Crippen LogP contribution in [0.5, 0.6) is 0 Å². The fourth-order valence-electron chi connectivity index (χ4n) is 4.10. The number of amides is 1. The Morgan fingerprint density at radius 1 is 1.09 bits per heavy atom. The Bertz CT molecular complexity index is 1400. The zero-order valence-corrected chi connectivity index (χ0v) is 18.1. The van der Waals surface area contributed by atoms with Gasteiger partial charge in [-0.15, -0.1) is 10.2 Å². The molecule has 0 fully saturated rings. The van der Waals surface area contributed by atoms with Gasteiger partial charge in [0, 0.05) is 23.7 Å². The average molecular weight is 436 g/mol. The van der Waals surface area contributed by atoms with E-state index < -0.39 is 5.91 Å². The topological polar surface area (TPSA) is 127 Å². The number of aryl methyl sites for hydroxylation is 1. The van der Waals surface area contributed by atoms with Crippen LogP contribution in [0.25, 0.3) is 16.9 Å². The maximum Gasteiger partial charge on any atom is 0.268 e. The maximum atomic E-state index is 11.4. The van der Waals surface area contributed by atoms with Gasteiger partial charge in [0.2, 0.25) is 0 Å². The van der Waals surface area contributed by atoms with Crippen LogP contribution < -0.4 is 10.6 Å². The van der Waals surface area contributed by atoms with Gasteiger partial charge in [0.25, 0.3) is 5.91 Å². The summed E-state index contributed by atoms with van der Waals surface area (Å²) in [6.07, 6.45) is 2.93. The van der Waals surface area contributed by atoms with Gasteiger partial charge in [-0.2, -0.15) is 5.26 Å². The number of primary amides is 1. The van der Waals surface area contributed by atoms with Crippen molar-refractivity contribution < 1.29 is 4.79 Å². The Balaban J connectivity index is 1.69. The monoisotopic (exact) mass is 436 g/mol. The van der Waals surface area contributed by atoms with Crippen molar-refractivity contribution >= 4 is 17.3 Å². The van der Waals surface area contributed by atoms with E-state index >= 15 is 0 Å². The van der Waals surface area contributed by atoms with Gasteiger partial charge < -0.3 is 10.6 Å². The van der Waals surface area contributed by atoms with E-state index in [9.17, 15) is 10.1 Å². The first-order valence-corrected chi connectivity index (χ1v) is 10.4. The second kappa shape index (κ2) is 7.84. The lowest BCUT2D eigenvalue weighted by Crippen LogP contribution is -2.22. The fraction of sp³-hybridized carbons (Fsp3) is 0.167. The van der Waals surface area contributed by atoms with Crippen LogP contribution in [0.2, 0.25) is 0 Å². The molecule has 1 aliphatic rings. The highest BCUT2D eigenvalue weighted by Gasteiger charge is 2.28. The number of carbonyl (C=O) groups excluding carboxylic acids is 1. The molecule has 1 atom stereocenters. The zero-order chi connectivity index (χ0) is 23.1. The van der Waals surface area contributed by atoms with Crippen molar-refractivity contribution in [1.29, 1.82) is 5.26 Å². The first-order chi connectivity index (χ1) is 16.0. The molecular weight excluding hydrogens is 416 g/mol. The summed E-state index contributed by atoms with van der Waals surface area (Å²) in [6.45, 7) is 4.73. The number of benzene rings is 2. The van der Waals surface area contributed by atoms with Gasteiger partial charge in [0.15, 0.2) is 0 Å². The van der Waals surface area contributed by atoms with Crippen LogP contribution in [0.3, 0.4) is 0 Å². The minimum absolute atomic E-state index is 0.104. The first kappa shape index (κ1) is 20.3. The van der Waals surface area contributed by atoms with Gasteiger partial charge >= 0.3 is 0 Å². The first-order valence-electron chi connectivity index (χ1n) is 10.4. The number of nitrogens with zero attached hydrogens (tertiary/aromatic N) is 7. The van der Waals surface area contributed by atoms with Crippen LogP contribution in [0.4, 0.5) is 11.4 Å². The third kappa shape index (κ3) is 3.47. The Morgan fingerprint density at radius 3 is 2.55 bits per heavy atom. The normalized spacial score (nSPS) is 14.7. The Morgan fingerprint density at radius 2 is 1.88 bits per heavy atom. The van der Waals surface area contributed by atoms with Crippen LogP contribution in [-0.4, -0.2) is 37.2 Å². The lowest BCUT2D eigenvalue weighted by molar-refractivity contribution is 0.0995. The van der Waals surface area contributed by atoms with Gasteiger partial charge in [-0.3, -0.25) is 14.3 Å². The van der Waals surface area contributed by atoms with E-state index in [0.29, 0.717) is 17.8 Å². The number of rotatable bonds is 3. The fourth-order valence-corrected chi connectivity index (χ4v) is 4.10. The molecule has 2 N–H and O–H groups in total. The van der Waals surface area contributed by atoms with E-state index in [0.717, 1.165) is 34.3 Å². The third-order valence-electron chi connectivity index (χ3n) is 5.76. The van der Waals surface area contributed by atoms with Crippen molar-refractivity contribution in [2.45, 2.75) is 19.8 Å². The summed E-state index contributed by atoms with van der Waals surface area (Å²) in [5.74, 6) is 1.18. The maximum absolute atomic E-state index is 11.4. The molecule has 5 rings (SSSR count). The molecule has 162 valence electrons. The van der Waals surface area contributed by atoms with Gasteiger partial charge in [-0.1, -0.05) is 13.0 Å². The second-order valence-corrected chi connectivity index (χ2v) is 7.97. The summed E-state index contributed by atoms with van der Waals surface area (Å²) in [5.41, 5.74) is 10.4. The van der Waals surface area contributed by atoms with Crippen molar-refractivity contribution in [3.8, 4) is 23.0 Å². The number of hydrogen-bond acceptors (Lipinski definition) is 7. The van der Waals surface area contributed by atoms with Crippen molar-refractivity contribution in [1.82, 2.24) is 24.7 Å². The van der Waals surface area contributed by atoms with E-state index in [1.165, 1.54) is 6.20 Å². The van der Waals surface area contributed by atoms with Crippen LogP contribution in [0.15, 0.2) is 54.9 Å². The Labute approximate surface area is 190 Å². The number of carbonyl (C=O) groups is 1. The molecule has 33 heavy (non-hydrogen) atoms. The molecule has 0 aliphatic carbocycles. The smallest absolute Gasteiger partial charge is 0.268 e. The standard InChI is InChI=1S/C24H20N8O/c1-14-13-31(18-6-3-16(10-25)4-7-18)22-9-17(19-11-28-20(12-27-19)23(26)33)5-8-21(22)32-15(2)29-30-24(14)32/h3-9,11-12,14H,13H2,1-2H3,(H2,26,33). The highest BCUT2D eigenvalue weighted by atomic mass is 16.1. The average Bonchev–Trinajstić information content (AvgIpc) is 3.17. The predicted octanol–water partition coefficient (Wildman–Crippen LogP) is 3.26. The summed E-state index contributed by atoms with van der Waals surface area (Å²) in [4.78, 5) is 22.1. The molecule has 9 nitrogen and oxygen atoms in total. The Kier molecular flexibility index (Phi) is 4.83. The van der Waals surface area contributed by atoms with Crippen LogP contribution in [0, 0.1) is 18.3 Å². The third-order valence-corrected chi connectivity index (χ3v) is 5.76. The molecular formula is C24H20N8O. The van der Waals surface area contributed by atoms with Gasteiger partial charge in [-0.25, -0.2) is 4.98 Å². The van der Waals surface area contributed by atoms with Crippen LogP contribution in [0.1, 0.15) is 40.5 Å². The molecule has 9 heteroatoms. The molecule has 2 aromatic heterocycles. The van der Waals surface area contributed by atoms with Gasteiger partial charge in [-0.05, 0) is 43.3 Å². The quantitative estimate of drug-likeness (QED) is 0.522. The van der Waals surface area contributed by atoms with E-state index in [1.54, 1.807) is 6.20 Å². The number of anilines is 2. The Hall–Kier alpha value is -4.58. The summed E-state index contributed by atoms with van der Waals surface area (Å²) in [7, 11) is 0. The van der Waals surface area contributed by atoms with Gasteiger partial charge in [0.1, 0.15) is 17.3 Å². The molecule has 1 aliphatic heterocycles. The van der Waals surface area contributed by atoms with Gasteiger partial charge in [0.05, 0.1) is 41.1 Å². The molecule has 0 saturated carbocycles. The van der Waals surface area contributed by atoms with E-state index in [-0.39, 0.29) is 11.6 Å². The minimum Gasteiger partial charge on any atom is -0.364 e. The summed E-state index contributed by atoms with van der Waals surface area (Å²) in [5, 5.41) is 17.9. The van der Waals surface area contributed by atoms with Crippen molar-refractivity contribution in [2.75, 3.05) is 11.4 Å². The van der Waals surface area contributed by atoms with Crippen molar-refractivity contribution in [2.24, 2.45) is 5.73 Å². The highest BCUT2D eigenvalue weighted by Crippen LogP contribution is 2.40. The number of aromatic nitrogens is 5. The summed E-state index contributed by atoms with van der Waals surface area (Å²) >= 11 is 0. The van der Waals surface area contributed by atoms with E-state index in [2.05, 4.69) is 42.6 Å². The van der Waals surface area contributed by atoms with E-state index in [1.807, 2.05) is 49.4 Å². The molecule has 0 radical (unpaired) electrons. The van der Waals surface area contributed by atoms with Crippen molar-refractivity contribution in [3.05, 3.63) is 77.8 Å². The lowest BCUT2D eigenvalue weighted by atomic mass is 10.1. The summed E-state index contributed by atoms with van der Waals surface area (Å²) in [6, 6.07) is 15.7. The lowest BCUT2D eigenvalue weighted by Gasteiger charge is -2.27. The number of nitrogens with two attached hydrogens (primary N) is 1. The predicted molar refractivity (Wildman–Crippen MR) is 122 cm³/mol. The molecule has 0 saturated heterocycles. The number of hydrogen-bond donors (Lipinski definition) is 1. The molecule has 1 amide bonds. The number of nitriles is 1. The second-order valence-electron chi connectivity index (χ2n) is 7.97. The SMILES string of the molecule is Cc1nnc2n1-c1ccc(-c3cnc(C(N)=O)cn3)cc1N(c1ccc(C#N)cc1)CC2C. The molecule has 0 spiro atoms. The minimum atomic E-state index is -0.618.